The first kappa shape index (κ1) is 23.6. The molecule has 2 heterocycles. The Bertz CT molecular complexity index is 1280. The second kappa shape index (κ2) is 10.0. The van der Waals surface area contributed by atoms with Gasteiger partial charge in [-0.1, -0.05) is 6.07 Å². The number of ether oxygens (including phenoxy) is 1. The molecule has 1 aromatic carbocycles. The van der Waals surface area contributed by atoms with E-state index in [0.717, 1.165) is 5.56 Å². The predicted octanol–water partition coefficient (Wildman–Crippen LogP) is 4.68. The molecule has 10 heteroatoms. The first-order chi connectivity index (χ1) is 15.2. The van der Waals surface area contributed by atoms with Crippen molar-refractivity contribution < 1.29 is 17.5 Å². The number of rotatable bonds is 7. The number of hydrogen-bond acceptors (Lipinski definition) is 7. The molecule has 0 amide bonds. The van der Waals surface area contributed by atoms with Crippen LogP contribution in [-0.4, -0.2) is 25.4 Å². The normalized spacial score (nSPS) is 12.3. The number of thiol groups is 1. The average molecular weight is 461 g/mol. The van der Waals surface area contributed by atoms with Crippen LogP contribution in [0.25, 0.3) is 11.3 Å². The van der Waals surface area contributed by atoms with Crippen LogP contribution in [0.2, 0.25) is 0 Å². The fourth-order valence-corrected chi connectivity index (χ4v) is 3.49. The maximum atomic E-state index is 14.4. The summed E-state index contributed by atoms with van der Waals surface area (Å²) in [5, 5.41) is 0. The van der Waals surface area contributed by atoms with E-state index in [2.05, 4.69) is 14.3 Å². The van der Waals surface area contributed by atoms with Gasteiger partial charge in [-0.2, -0.15) is 0 Å². The highest BCUT2D eigenvalue weighted by Crippen LogP contribution is 2.34. The lowest BCUT2D eigenvalue weighted by molar-refractivity contribution is 0.378. The Balaban J connectivity index is 2.19. The smallest absolute Gasteiger partial charge is 0.260 e. The Kier molecular flexibility index (Phi) is 7.37. The van der Waals surface area contributed by atoms with Crippen LogP contribution in [0.15, 0.2) is 45.8 Å². The monoisotopic (exact) mass is 460 g/mol. The highest BCUT2D eigenvalue weighted by atomic mass is 32.2. The van der Waals surface area contributed by atoms with Crippen molar-refractivity contribution in [3.05, 3.63) is 64.0 Å². The van der Waals surface area contributed by atoms with Crippen molar-refractivity contribution in [3.8, 4) is 22.8 Å². The molecule has 0 N–H and O–H groups in total. The van der Waals surface area contributed by atoms with Crippen LogP contribution in [0, 0.1) is 19.7 Å². The van der Waals surface area contributed by atoms with Crippen molar-refractivity contribution >= 4 is 16.8 Å². The molecule has 3 aromatic rings. The van der Waals surface area contributed by atoms with Gasteiger partial charge in [0.25, 0.3) is 11.5 Å². The fraction of sp³-hybridized carbons (Fsp3) is 0.318. The Morgan fingerprint density at radius 1 is 1.22 bits per heavy atom. The van der Waals surface area contributed by atoms with Gasteiger partial charge in [0.05, 0.1) is 12.8 Å². The van der Waals surface area contributed by atoms with Gasteiger partial charge in [0.1, 0.15) is 5.69 Å². The summed E-state index contributed by atoms with van der Waals surface area (Å²) in [5.74, 6) is -0.454. The van der Waals surface area contributed by atoms with Gasteiger partial charge in [0, 0.05) is 23.4 Å². The van der Waals surface area contributed by atoms with Crippen molar-refractivity contribution in [2.75, 3.05) is 6.61 Å². The molecule has 0 aliphatic heterocycles. The van der Waals surface area contributed by atoms with E-state index >= 15 is 0 Å². The fourth-order valence-electron chi connectivity index (χ4n) is 2.97. The third-order valence-electron chi connectivity index (χ3n) is 4.51. The highest BCUT2D eigenvalue weighted by molar-refractivity contribution is 7.69. The summed E-state index contributed by atoms with van der Waals surface area (Å²) in [5.41, 5.74) is 1.94. The Hall–Kier alpha value is -3.11. The van der Waals surface area contributed by atoms with E-state index in [0.29, 0.717) is 11.1 Å². The van der Waals surface area contributed by atoms with Crippen LogP contribution in [0.3, 0.4) is 0 Å². The lowest BCUT2D eigenvalue weighted by Crippen LogP contribution is -2.23. The zero-order valence-corrected chi connectivity index (χ0v) is 19.4. The zero-order valence-electron chi connectivity index (χ0n) is 18.5. The number of benzene rings is 1. The molecule has 1 unspecified atom stereocenters. The van der Waals surface area contributed by atoms with Crippen LogP contribution < -0.4 is 10.3 Å². The van der Waals surface area contributed by atoms with Gasteiger partial charge in [-0.05, 0) is 58.4 Å². The molecule has 0 fully saturated rings. The number of halogens is 1. The number of aryl methyl sites for hydroxylation is 2. The molecule has 1 atom stereocenters. The van der Waals surface area contributed by atoms with Gasteiger partial charge in [0.2, 0.25) is 0 Å². The maximum absolute atomic E-state index is 14.4. The summed E-state index contributed by atoms with van der Waals surface area (Å²) in [6.07, 6.45) is 2.97. The van der Waals surface area contributed by atoms with E-state index < -0.39 is 16.7 Å². The lowest BCUT2D eigenvalue weighted by Gasteiger charge is -2.15. The lowest BCUT2D eigenvalue weighted by atomic mass is 10.1. The molecular weight excluding hydrogens is 435 g/mol. The molecule has 0 aliphatic rings. The standard InChI is InChI=1S/C22H25FN4O4S/c1-6-30-32(29)26-22-24-11-19(31-18-8-7-14(4)9-17(18)23)20(25-22)16-10-15(5)21(28)27(12-16)13(2)3/h7-13,32H,6H2,1-5H3. The summed E-state index contributed by atoms with van der Waals surface area (Å²) in [6.45, 7) is 9.16. The van der Waals surface area contributed by atoms with E-state index in [9.17, 15) is 13.4 Å². The number of pyridine rings is 1. The predicted molar refractivity (Wildman–Crippen MR) is 121 cm³/mol. The van der Waals surface area contributed by atoms with Crippen molar-refractivity contribution in [2.24, 2.45) is 4.36 Å². The van der Waals surface area contributed by atoms with Crippen molar-refractivity contribution in [1.29, 1.82) is 0 Å². The number of aromatic nitrogens is 3. The van der Waals surface area contributed by atoms with E-state index in [1.807, 2.05) is 13.8 Å². The van der Waals surface area contributed by atoms with Gasteiger partial charge in [-0.3, -0.25) is 8.98 Å². The molecule has 3 rings (SSSR count). The van der Waals surface area contributed by atoms with E-state index in [-0.39, 0.29) is 41.3 Å². The third-order valence-corrected chi connectivity index (χ3v) is 5.33. The van der Waals surface area contributed by atoms with Crippen LogP contribution in [0.4, 0.5) is 10.3 Å². The Morgan fingerprint density at radius 2 is 1.97 bits per heavy atom. The van der Waals surface area contributed by atoms with E-state index in [1.54, 1.807) is 43.7 Å². The largest absolute Gasteiger partial charge is 0.450 e. The average Bonchev–Trinajstić information content (AvgIpc) is 2.73. The summed E-state index contributed by atoms with van der Waals surface area (Å²) < 4.78 is 42.5. The minimum atomic E-state index is -2.34. The van der Waals surface area contributed by atoms with Crippen LogP contribution in [-0.2, 0) is 15.1 Å². The molecule has 2 aromatic heterocycles. The van der Waals surface area contributed by atoms with E-state index in [1.165, 1.54) is 18.3 Å². The first-order valence-corrected chi connectivity index (χ1v) is 11.2. The SMILES string of the molecule is CCO[SH](=O)=Nc1ncc(Oc2ccc(C)cc2F)c(-c2cc(C)c(=O)n(C(C)C)c2)n1. The topological polar surface area (TPSA) is 95.7 Å². The first-order valence-electron chi connectivity index (χ1n) is 10.1. The van der Waals surface area contributed by atoms with Gasteiger partial charge < -0.3 is 9.30 Å². The molecule has 0 bridgehead atoms. The van der Waals surface area contributed by atoms with Gasteiger partial charge in [-0.25, -0.2) is 18.6 Å². The van der Waals surface area contributed by atoms with Crippen molar-refractivity contribution in [3.63, 3.8) is 0 Å². The molecule has 32 heavy (non-hydrogen) atoms. The second-order valence-corrected chi connectivity index (χ2v) is 8.33. The Labute approximate surface area is 187 Å². The molecule has 0 radical (unpaired) electrons. The molecule has 8 nitrogen and oxygen atoms in total. The van der Waals surface area contributed by atoms with Crippen molar-refractivity contribution in [2.45, 2.75) is 40.7 Å². The molecular formula is C22H25FN4O4S. The van der Waals surface area contributed by atoms with Crippen LogP contribution in [0.5, 0.6) is 11.5 Å². The second-order valence-electron chi connectivity index (χ2n) is 7.39. The third kappa shape index (κ3) is 5.38. The van der Waals surface area contributed by atoms with Crippen LogP contribution >= 0.6 is 0 Å². The molecule has 0 saturated heterocycles. The van der Waals surface area contributed by atoms with Crippen LogP contribution in [0.1, 0.15) is 37.9 Å². The van der Waals surface area contributed by atoms with Gasteiger partial charge in [-0.15, -0.1) is 4.36 Å². The molecule has 0 saturated carbocycles. The molecule has 0 aliphatic carbocycles. The van der Waals surface area contributed by atoms with Crippen molar-refractivity contribution in [1.82, 2.24) is 14.5 Å². The van der Waals surface area contributed by atoms with Gasteiger partial charge >= 0.3 is 0 Å². The molecule has 0 spiro atoms. The quantitative estimate of drug-likeness (QED) is 0.514. The van der Waals surface area contributed by atoms with E-state index in [4.69, 9.17) is 8.92 Å². The number of hydrogen-bond donors (Lipinski definition) is 1. The molecule has 170 valence electrons. The minimum Gasteiger partial charge on any atom is -0.450 e. The summed E-state index contributed by atoms with van der Waals surface area (Å²) in [7, 11) is -2.34. The maximum Gasteiger partial charge on any atom is 0.260 e. The summed E-state index contributed by atoms with van der Waals surface area (Å²) in [6, 6.07) is 6.15. The summed E-state index contributed by atoms with van der Waals surface area (Å²) in [4.78, 5) is 21.0. The number of nitrogens with zero attached hydrogens (tertiary/aromatic N) is 4. The Morgan fingerprint density at radius 3 is 2.62 bits per heavy atom. The zero-order chi connectivity index (χ0) is 23.4. The minimum absolute atomic E-state index is 0.000524. The summed E-state index contributed by atoms with van der Waals surface area (Å²) >= 11 is 0. The highest BCUT2D eigenvalue weighted by Gasteiger charge is 2.17. The van der Waals surface area contributed by atoms with Gasteiger partial charge in [0.15, 0.2) is 28.2 Å².